The van der Waals surface area contributed by atoms with Crippen LogP contribution in [0.4, 0.5) is 0 Å². The number of hydrogen-bond acceptors (Lipinski definition) is 4. The highest BCUT2D eigenvalue weighted by atomic mass is 16.6. The van der Waals surface area contributed by atoms with Gasteiger partial charge in [0.05, 0.1) is 0 Å². The largest absolute Gasteiger partial charge is 0.482 e. The van der Waals surface area contributed by atoms with Gasteiger partial charge in [0, 0.05) is 18.7 Å². The van der Waals surface area contributed by atoms with E-state index in [4.69, 9.17) is 9.47 Å². The summed E-state index contributed by atoms with van der Waals surface area (Å²) in [4.78, 5) is 26.1. The van der Waals surface area contributed by atoms with Gasteiger partial charge >= 0.3 is 5.97 Å². The van der Waals surface area contributed by atoms with Crippen molar-refractivity contribution < 1.29 is 19.1 Å². The van der Waals surface area contributed by atoms with Gasteiger partial charge in [0.25, 0.3) is 5.91 Å². The van der Waals surface area contributed by atoms with Crippen molar-refractivity contribution in [3.63, 3.8) is 0 Å². The average Bonchev–Trinajstić information content (AvgIpc) is 3.18. The molecule has 1 amide bonds. The van der Waals surface area contributed by atoms with Crippen molar-refractivity contribution in [2.75, 3.05) is 19.7 Å². The monoisotopic (exact) mass is 367 g/mol. The number of hydrogen-bond donors (Lipinski definition) is 0. The van der Waals surface area contributed by atoms with E-state index in [0.29, 0.717) is 11.3 Å². The Balaban J connectivity index is 1.46. The molecule has 2 aromatic carbocycles. The molecule has 0 atom stereocenters. The highest BCUT2D eigenvalue weighted by Gasteiger charge is 2.19. The molecule has 0 aromatic heterocycles. The van der Waals surface area contributed by atoms with Crippen LogP contribution in [-0.4, -0.2) is 36.5 Å². The second kappa shape index (κ2) is 8.71. The Hall–Kier alpha value is -2.82. The number of ether oxygens (including phenoxy) is 2. The zero-order valence-electron chi connectivity index (χ0n) is 15.9. The lowest BCUT2D eigenvalue weighted by atomic mass is 10.1. The fourth-order valence-corrected chi connectivity index (χ4v) is 3.21. The fraction of sp³-hybridized carbons (Fsp3) is 0.364. The molecule has 1 saturated heterocycles. The molecule has 0 bridgehead atoms. The number of rotatable bonds is 6. The first kappa shape index (κ1) is 19.0. The number of likely N-dealkylation sites (tertiary alicyclic amines) is 1. The van der Waals surface area contributed by atoms with E-state index in [0.717, 1.165) is 42.6 Å². The first-order valence-corrected chi connectivity index (χ1v) is 9.26. The van der Waals surface area contributed by atoms with Crippen LogP contribution in [0.5, 0.6) is 5.75 Å². The molecule has 0 spiro atoms. The topological polar surface area (TPSA) is 55.8 Å². The maximum absolute atomic E-state index is 12.3. The predicted octanol–water partition coefficient (Wildman–Crippen LogP) is 3.66. The van der Waals surface area contributed by atoms with Crippen LogP contribution in [0.25, 0.3) is 0 Å². The van der Waals surface area contributed by atoms with Gasteiger partial charge in [-0.05, 0) is 67.6 Å². The van der Waals surface area contributed by atoms with Crippen LogP contribution in [-0.2, 0) is 16.1 Å². The summed E-state index contributed by atoms with van der Waals surface area (Å²) in [5.41, 5.74) is 3.68. The molecule has 5 heteroatoms. The Kier molecular flexibility index (Phi) is 6.12. The SMILES string of the molecule is Cc1cc(C)cc(OCC(=O)OCc2ccc(C(=O)N3CCCC3)cc2)c1. The smallest absolute Gasteiger partial charge is 0.344 e. The Morgan fingerprint density at radius 3 is 2.22 bits per heavy atom. The minimum Gasteiger partial charge on any atom is -0.482 e. The molecule has 0 N–H and O–H groups in total. The van der Waals surface area contributed by atoms with Gasteiger partial charge in [0.2, 0.25) is 0 Å². The molecule has 0 saturated carbocycles. The standard InChI is InChI=1S/C22H25NO4/c1-16-11-17(2)13-20(12-16)26-15-21(24)27-14-18-5-7-19(8-6-18)22(25)23-9-3-4-10-23/h5-8,11-13H,3-4,9-10,14-15H2,1-2H3. The van der Waals surface area contributed by atoms with Gasteiger partial charge in [0.1, 0.15) is 12.4 Å². The molecule has 2 aromatic rings. The summed E-state index contributed by atoms with van der Waals surface area (Å²) < 4.78 is 10.8. The number of benzene rings is 2. The Labute approximate surface area is 159 Å². The van der Waals surface area contributed by atoms with E-state index in [-0.39, 0.29) is 19.1 Å². The molecule has 0 radical (unpaired) electrons. The quantitative estimate of drug-likeness (QED) is 0.731. The van der Waals surface area contributed by atoms with Crippen LogP contribution in [0.3, 0.4) is 0 Å². The summed E-state index contributed by atoms with van der Waals surface area (Å²) in [6.45, 7) is 5.66. The van der Waals surface area contributed by atoms with Crippen molar-refractivity contribution in [3.05, 3.63) is 64.7 Å². The fourth-order valence-electron chi connectivity index (χ4n) is 3.21. The van der Waals surface area contributed by atoms with E-state index in [1.807, 2.05) is 49.1 Å². The maximum Gasteiger partial charge on any atom is 0.344 e. The number of amides is 1. The lowest BCUT2D eigenvalue weighted by Gasteiger charge is -2.15. The van der Waals surface area contributed by atoms with Crippen LogP contribution < -0.4 is 4.74 Å². The second-order valence-corrected chi connectivity index (χ2v) is 6.97. The maximum atomic E-state index is 12.3. The summed E-state index contributed by atoms with van der Waals surface area (Å²) in [5, 5.41) is 0. The number of carbonyl (C=O) groups is 2. The molecule has 1 heterocycles. The van der Waals surface area contributed by atoms with E-state index < -0.39 is 5.97 Å². The predicted molar refractivity (Wildman–Crippen MR) is 103 cm³/mol. The van der Waals surface area contributed by atoms with Crippen molar-refractivity contribution >= 4 is 11.9 Å². The molecule has 1 aliphatic heterocycles. The first-order chi connectivity index (χ1) is 13.0. The van der Waals surface area contributed by atoms with Gasteiger partial charge in [-0.25, -0.2) is 4.79 Å². The highest BCUT2D eigenvalue weighted by Crippen LogP contribution is 2.16. The molecule has 1 fully saturated rings. The van der Waals surface area contributed by atoms with Crippen LogP contribution in [0.15, 0.2) is 42.5 Å². The van der Waals surface area contributed by atoms with Gasteiger partial charge in [-0.2, -0.15) is 0 Å². The van der Waals surface area contributed by atoms with Crippen LogP contribution in [0, 0.1) is 13.8 Å². The van der Waals surface area contributed by atoms with Crippen LogP contribution in [0.1, 0.15) is 39.9 Å². The van der Waals surface area contributed by atoms with Crippen molar-refractivity contribution in [2.24, 2.45) is 0 Å². The van der Waals surface area contributed by atoms with E-state index in [1.54, 1.807) is 12.1 Å². The average molecular weight is 367 g/mol. The Morgan fingerprint density at radius 2 is 1.59 bits per heavy atom. The first-order valence-electron chi connectivity index (χ1n) is 9.26. The van der Waals surface area contributed by atoms with Gasteiger partial charge in [0.15, 0.2) is 6.61 Å². The van der Waals surface area contributed by atoms with E-state index >= 15 is 0 Å². The van der Waals surface area contributed by atoms with Crippen LogP contribution in [0.2, 0.25) is 0 Å². The molecule has 1 aliphatic rings. The Morgan fingerprint density at radius 1 is 0.963 bits per heavy atom. The number of carbonyl (C=O) groups excluding carboxylic acids is 2. The number of esters is 1. The van der Waals surface area contributed by atoms with Crippen LogP contribution >= 0.6 is 0 Å². The third kappa shape index (κ3) is 5.33. The Bertz CT molecular complexity index is 787. The second-order valence-electron chi connectivity index (χ2n) is 6.97. The number of nitrogens with zero attached hydrogens (tertiary/aromatic N) is 1. The molecule has 0 unspecified atom stereocenters. The minimum atomic E-state index is -0.425. The van der Waals surface area contributed by atoms with Crippen molar-refractivity contribution in [1.82, 2.24) is 4.90 Å². The zero-order valence-corrected chi connectivity index (χ0v) is 15.9. The molecule has 0 aliphatic carbocycles. The third-order valence-electron chi connectivity index (χ3n) is 4.55. The van der Waals surface area contributed by atoms with Gasteiger partial charge in [-0.1, -0.05) is 18.2 Å². The summed E-state index contributed by atoms with van der Waals surface area (Å²) >= 11 is 0. The van der Waals surface area contributed by atoms with Crippen molar-refractivity contribution in [2.45, 2.75) is 33.3 Å². The lowest BCUT2D eigenvalue weighted by molar-refractivity contribution is -0.147. The minimum absolute atomic E-state index is 0.0675. The van der Waals surface area contributed by atoms with E-state index in [1.165, 1.54) is 0 Å². The van der Waals surface area contributed by atoms with E-state index in [9.17, 15) is 9.59 Å². The molecular formula is C22H25NO4. The summed E-state index contributed by atoms with van der Waals surface area (Å²) in [6, 6.07) is 13.0. The lowest BCUT2D eigenvalue weighted by Crippen LogP contribution is -2.27. The molecule has 142 valence electrons. The summed E-state index contributed by atoms with van der Waals surface area (Å²) in [6.07, 6.45) is 2.15. The number of aryl methyl sites for hydroxylation is 2. The van der Waals surface area contributed by atoms with Gasteiger partial charge in [-0.3, -0.25) is 4.79 Å². The van der Waals surface area contributed by atoms with E-state index in [2.05, 4.69) is 0 Å². The van der Waals surface area contributed by atoms with Crippen molar-refractivity contribution in [3.8, 4) is 5.75 Å². The molecular weight excluding hydrogens is 342 g/mol. The molecule has 27 heavy (non-hydrogen) atoms. The zero-order chi connectivity index (χ0) is 19.2. The molecule has 3 rings (SSSR count). The summed E-state index contributed by atoms with van der Waals surface area (Å²) in [7, 11) is 0. The van der Waals surface area contributed by atoms with Gasteiger partial charge < -0.3 is 14.4 Å². The van der Waals surface area contributed by atoms with Gasteiger partial charge in [-0.15, -0.1) is 0 Å². The summed E-state index contributed by atoms with van der Waals surface area (Å²) in [5.74, 6) is 0.304. The third-order valence-corrected chi connectivity index (χ3v) is 4.55. The normalized spacial score (nSPS) is 13.5. The molecule has 5 nitrogen and oxygen atoms in total. The highest BCUT2D eigenvalue weighted by molar-refractivity contribution is 5.94. The van der Waals surface area contributed by atoms with Crippen molar-refractivity contribution in [1.29, 1.82) is 0 Å².